The van der Waals surface area contributed by atoms with Crippen molar-refractivity contribution in [2.24, 2.45) is 0 Å². The van der Waals surface area contributed by atoms with E-state index < -0.39 is 5.92 Å². The van der Waals surface area contributed by atoms with Crippen LogP contribution in [0.4, 0.5) is 8.78 Å². The van der Waals surface area contributed by atoms with Crippen molar-refractivity contribution in [1.82, 2.24) is 10.2 Å². The highest BCUT2D eigenvalue weighted by atomic mass is 79.9. The fraction of sp³-hybridized carbons (Fsp3) is 0.538. The Hall–Kier alpha value is -0.520. The summed E-state index contributed by atoms with van der Waals surface area (Å²) in [5, 5.41) is 3.16. The molecule has 2 rings (SSSR count). The van der Waals surface area contributed by atoms with E-state index in [2.05, 4.69) is 21.2 Å². The fourth-order valence-electron chi connectivity index (χ4n) is 2.20. The average molecular weight is 319 g/mol. The van der Waals surface area contributed by atoms with Crippen LogP contribution in [0.3, 0.4) is 0 Å². The fourth-order valence-corrected chi connectivity index (χ4v) is 2.64. The van der Waals surface area contributed by atoms with E-state index in [1.165, 1.54) is 0 Å². The number of benzene rings is 1. The van der Waals surface area contributed by atoms with Gasteiger partial charge in [-0.1, -0.05) is 28.1 Å². The summed E-state index contributed by atoms with van der Waals surface area (Å²) in [6, 6.07) is 7.14. The molecule has 0 atom stereocenters. The topological polar surface area (TPSA) is 15.3 Å². The number of hydrogen-bond acceptors (Lipinski definition) is 2. The SMILES string of the molecule is FC(F)(Cc1cccc(Br)c1)CN1CCNCC1. The molecule has 1 aliphatic rings. The van der Waals surface area contributed by atoms with E-state index in [0.29, 0.717) is 18.7 Å². The van der Waals surface area contributed by atoms with Gasteiger partial charge in [-0.2, -0.15) is 0 Å². The molecular weight excluding hydrogens is 302 g/mol. The van der Waals surface area contributed by atoms with Crippen LogP contribution in [0.15, 0.2) is 28.7 Å². The molecule has 1 aromatic rings. The van der Waals surface area contributed by atoms with E-state index in [0.717, 1.165) is 17.6 Å². The molecule has 0 aliphatic carbocycles. The van der Waals surface area contributed by atoms with Gasteiger partial charge in [0.25, 0.3) is 5.92 Å². The second kappa shape index (κ2) is 6.08. The number of nitrogens with zero attached hydrogens (tertiary/aromatic N) is 1. The maximum absolute atomic E-state index is 13.9. The van der Waals surface area contributed by atoms with Gasteiger partial charge in [0.1, 0.15) is 0 Å². The van der Waals surface area contributed by atoms with Gasteiger partial charge in [0.05, 0.1) is 6.54 Å². The summed E-state index contributed by atoms with van der Waals surface area (Å²) in [5.74, 6) is -2.67. The van der Waals surface area contributed by atoms with Crippen molar-refractivity contribution in [2.45, 2.75) is 12.3 Å². The Balaban J connectivity index is 1.93. The predicted molar refractivity (Wildman–Crippen MR) is 72.1 cm³/mol. The van der Waals surface area contributed by atoms with Crippen LogP contribution in [0.5, 0.6) is 0 Å². The van der Waals surface area contributed by atoms with Gasteiger partial charge in [-0.15, -0.1) is 0 Å². The Morgan fingerprint density at radius 3 is 2.67 bits per heavy atom. The molecule has 0 spiro atoms. The zero-order valence-electron chi connectivity index (χ0n) is 10.1. The van der Waals surface area contributed by atoms with Crippen LogP contribution >= 0.6 is 15.9 Å². The summed E-state index contributed by atoms with van der Waals surface area (Å²) in [4.78, 5) is 1.83. The lowest BCUT2D eigenvalue weighted by atomic mass is 10.1. The molecule has 1 saturated heterocycles. The smallest absolute Gasteiger partial charge is 0.264 e. The number of hydrogen-bond donors (Lipinski definition) is 1. The normalized spacial score (nSPS) is 17.9. The molecule has 0 aromatic heterocycles. The zero-order valence-corrected chi connectivity index (χ0v) is 11.7. The van der Waals surface area contributed by atoms with Crippen LogP contribution in [0.25, 0.3) is 0 Å². The van der Waals surface area contributed by atoms with Gasteiger partial charge in [-0.3, -0.25) is 4.90 Å². The molecule has 1 heterocycles. The Morgan fingerprint density at radius 2 is 2.00 bits per heavy atom. The van der Waals surface area contributed by atoms with Crippen LogP contribution in [0, 0.1) is 0 Å². The molecule has 0 saturated carbocycles. The third-order valence-electron chi connectivity index (χ3n) is 3.02. The zero-order chi connectivity index (χ0) is 13.0. The van der Waals surface area contributed by atoms with Crippen LogP contribution in [-0.2, 0) is 6.42 Å². The molecular formula is C13H17BrF2N2. The lowest BCUT2D eigenvalue weighted by Gasteiger charge is -2.30. The molecule has 1 fully saturated rings. The minimum atomic E-state index is -2.67. The van der Waals surface area contributed by atoms with Crippen molar-refractivity contribution in [3.05, 3.63) is 34.3 Å². The quantitative estimate of drug-likeness (QED) is 0.917. The van der Waals surface area contributed by atoms with E-state index in [4.69, 9.17) is 0 Å². The van der Waals surface area contributed by atoms with Gasteiger partial charge < -0.3 is 5.32 Å². The molecule has 0 amide bonds. The summed E-state index contributed by atoms with van der Waals surface area (Å²) >= 11 is 3.30. The van der Waals surface area contributed by atoms with Gasteiger partial charge in [0.15, 0.2) is 0 Å². The summed E-state index contributed by atoms with van der Waals surface area (Å²) in [5.41, 5.74) is 0.671. The van der Waals surface area contributed by atoms with E-state index in [-0.39, 0.29) is 13.0 Å². The molecule has 0 radical (unpaired) electrons. The lowest BCUT2D eigenvalue weighted by Crippen LogP contribution is -2.48. The number of halogens is 3. The lowest BCUT2D eigenvalue weighted by molar-refractivity contribution is -0.0337. The van der Waals surface area contributed by atoms with Gasteiger partial charge in [0.2, 0.25) is 0 Å². The largest absolute Gasteiger partial charge is 0.314 e. The highest BCUT2D eigenvalue weighted by Gasteiger charge is 2.32. The van der Waals surface area contributed by atoms with Crippen LogP contribution in [0.1, 0.15) is 5.56 Å². The van der Waals surface area contributed by atoms with Crippen molar-refractivity contribution in [2.75, 3.05) is 32.7 Å². The van der Waals surface area contributed by atoms with Crippen LogP contribution < -0.4 is 5.32 Å². The molecule has 1 N–H and O–H groups in total. The molecule has 0 bridgehead atoms. The highest BCUT2D eigenvalue weighted by Crippen LogP contribution is 2.23. The highest BCUT2D eigenvalue weighted by molar-refractivity contribution is 9.10. The van der Waals surface area contributed by atoms with Crippen molar-refractivity contribution in [3.63, 3.8) is 0 Å². The molecule has 0 unspecified atom stereocenters. The third kappa shape index (κ3) is 4.30. The van der Waals surface area contributed by atoms with Crippen molar-refractivity contribution >= 4 is 15.9 Å². The maximum Gasteiger partial charge on any atom is 0.264 e. The minimum Gasteiger partial charge on any atom is -0.314 e. The van der Waals surface area contributed by atoms with E-state index >= 15 is 0 Å². The number of nitrogens with one attached hydrogen (secondary N) is 1. The minimum absolute atomic E-state index is 0.152. The number of piperazine rings is 1. The molecule has 1 aliphatic heterocycles. The van der Waals surface area contributed by atoms with E-state index in [9.17, 15) is 8.78 Å². The molecule has 18 heavy (non-hydrogen) atoms. The van der Waals surface area contributed by atoms with Gasteiger partial charge in [-0.25, -0.2) is 8.78 Å². The monoisotopic (exact) mass is 318 g/mol. The molecule has 1 aromatic carbocycles. The second-order valence-corrected chi connectivity index (χ2v) is 5.60. The van der Waals surface area contributed by atoms with Gasteiger partial charge >= 0.3 is 0 Å². The third-order valence-corrected chi connectivity index (χ3v) is 3.51. The first-order chi connectivity index (χ1) is 8.55. The van der Waals surface area contributed by atoms with Gasteiger partial charge in [0, 0.05) is 37.1 Å². The van der Waals surface area contributed by atoms with Crippen LogP contribution in [0.2, 0.25) is 0 Å². The van der Waals surface area contributed by atoms with Gasteiger partial charge in [-0.05, 0) is 17.7 Å². The van der Waals surface area contributed by atoms with Crippen molar-refractivity contribution < 1.29 is 8.78 Å². The Bertz CT molecular complexity index is 392. The first-order valence-electron chi connectivity index (χ1n) is 6.10. The molecule has 100 valence electrons. The second-order valence-electron chi connectivity index (χ2n) is 4.69. The Kier molecular flexibility index (Phi) is 4.70. The van der Waals surface area contributed by atoms with E-state index in [1.54, 1.807) is 18.2 Å². The standard InChI is InChI=1S/C13H17BrF2N2/c14-12-3-1-2-11(8-12)9-13(15,16)10-18-6-4-17-5-7-18/h1-3,8,17H,4-7,9-10H2. The first kappa shape index (κ1) is 13.9. The van der Waals surface area contributed by atoms with Crippen molar-refractivity contribution in [3.8, 4) is 0 Å². The summed E-state index contributed by atoms with van der Waals surface area (Å²) < 4.78 is 28.7. The average Bonchev–Trinajstić information content (AvgIpc) is 2.28. The predicted octanol–water partition coefficient (Wildman–Crippen LogP) is 2.53. The van der Waals surface area contributed by atoms with E-state index in [1.807, 2.05) is 11.0 Å². The number of rotatable bonds is 4. The Labute approximate surface area is 114 Å². The molecule has 2 nitrogen and oxygen atoms in total. The first-order valence-corrected chi connectivity index (χ1v) is 6.90. The summed E-state index contributed by atoms with van der Waals surface area (Å²) in [6.07, 6.45) is -0.198. The van der Waals surface area contributed by atoms with Crippen molar-refractivity contribution in [1.29, 1.82) is 0 Å². The Morgan fingerprint density at radius 1 is 1.28 bits per heavy atom. The number of alkyl halides is 2. The van der Waals surface area contributed by atoms with Crippen LogP contribution in [-0.4, -0.2) is 43.5 Å². The maximum atomic E-state index is 13.9. The summed E-state index contributed by atoms with van der Waals surface area (Å²) in [6.45, 7) is 2.85. The summed E-state index contributed by atoms with van der Waals surface area (Å²) in [7, 11) is 0. The molecule has 5 heteroatoms.